The second-order valence-electron chi connectivity index (χ2n) is 4.35. The first-order valence-corrected chi connectivity index (χ1v) is 6.64. The molecule has 0 saturated carbocycles. The molecule has 0 aliphatic rings. The van der Waals surface area contributed by atoms with Gasteiger partial charge in [-0.3, -0.25) is 0 Å². The van der Waals surface area contributed by atoms with Crippen LogP contribution in [-0.2, 0) is 4.79 Å². The summed E-state index contributed by atoms with van der Waals surface area (Å²) in [6.45, 7) is 0.888. The second-order valence-corrected chi connectivity index (χ2v) is 4.35. The summed E-state index contributed by atoms with van der Waals surface area (Å²) >= 11 is 0. The van der Waals surface area contributed by atoms with Crippen molar-refractivity contribution in [1.29, 1.82) is 0 Å². The van der Waals surface area contributed by atoms with E-state index in [0.29, 0.717) is 0 Å². The van der Waals surface area contributed by atoms with Crippen LogP contribution in [-0.4, -0.2) is 75.9 Å². The van der Waals surface area contributed by atoms with Crippen LogP contribution < -0.4 is 17.6 Å². The fraction of sp³-hybridized carbons (Fsp3) is 0.917. The zero-order chi connectivity index (χ0) is 16.0. The Balaban J connectivity index is -0.000000317. The van der Waals surface area contributed by atoms with Gasteiger partial charge in [0.1, 0.15) is 24.4 Å². The minimum absolute atomic E-state index is 0. The van der Waals surface area contributed by atoms with Crippen LogP contribution in [0.5, 0.6) is 0 Å². The maximum atomic E-state index is 9.90. The van der Waals surface area contributed by atoms with Gasteiger partial charge in [-0.05, 0) is 25.9 Å². The highest BCUT2D eigenvalue weighted by atomic mass is 16.4. The SMILES string of the molecule is N.NCCCCCCN.O=C[C@H](O)[C@@H](O)[C@H](O)[C@H](O)CO. The molecule has 0 amide bonds. The monoisotopic (exact) mass is 313 g/mol. The van der Waals surface area contributed by atoms with Gasteiger partial charge in [-0.2, -0.15) is 0 Å². The molecular weight excluding hydrogens is 282 g/mol. The van der Waals surface area contributed by atoms with E-state index in [1.807, 2.05) is 0 Å². The molecule has 0 aromatic carbocycles. The molecule has 0 fully saturated rings. The molecule has 0 aromatic rings. The van der Waals surface area contributed by atoms with Crippen LogP contribution in [0.1, 0.15) is 25.7 Å². The quantitative estimate of drug-likeness (QED) is 0.155. The lowest BCUT2D eigenvalue weighted by atomic mass is 10.0. The average molecular weight is 313 g/mol. The van der Waals surface area contributed by atoms with E-state index in [1.54, 1.807) is 0 Å². The van der Waals surface area contributed by atoms with Crippen LogP contribution in [0.15, 0.2) is 0 Å². The molecule has 0 spiro atoms. The molecule has 4 atom stereocenters. The van der Waals surface area contributed by atoms with E-state index >= 15 is 0 Å². The van der Waals surface area contributed by atoms with E-state index in [1.165, 1.54) is 12.8 Å². The number of aliphatic hydroxyl groups excluding tert-OH is 5. The van der Waals surface area contributed by atoms with Crippen molar-refractivity contribution in [1.82, 2.24) is 6.15 Å². The molecule has 0 aromatic heterocycles. The third-order valence-corrected chi connectivity index (χ3v) is 2.58. The van der Waals surface area contributed by atoms with Crippen molar-refractivity contribution in [3.8, 4) is 0 Å². The molecular formula is C12H31N3O6. The lowest BCUT2D eigenvalue weighted by Crippen LogP contribution is -2.46. The van der Waals surface area contributed by atoms with Crippen molar-refractivity contribution < 1.29 is 30.3 Å². The van der Waals surface area contributed by atoms with Crippen LogP contribution in [0, 0.1) is 0 Å². The number of rotatable bonds is 10. The van der Waals surface area contributed by atoms with Crippen LogP contribution in [0.4, 0.5) is 0 Å². The Labute approximate surface area is 125 Å². The standard InChI is InChI=1S/C6H16N2.C6H12O6.H3N/c7-5-3-1-2-4-6-8;7-1-3(9)5(11)6(12)4(10)2-8;/h1-8H2;1,3-6,8-12H,2H2;1H3/t;3-,4+,5+,6+;/m.0./s1. The second kappa shape index (κ2) is 17.4. The summed E-state index contributed by atoms with van der Waals surface area (Å²) in [6.07, 6.45) is -2.05. The highest BCUT2D eigenvalue weighted by Gasteiger charge is 2.29. The van der Waals surface area contributed by atoms with Gasteiger partial charge in [0.2, 0.25) is 0 Å². The molecule has 0 saturated heterocycles. The molecule has 9 nitrogen and oxygen atoms in total. The Morgan fingerprint density at radius 2 is 1.29 bits per heavy atom. The summed E-state index contributed by atoms with van der Waals surface area (Å²) in [4.78, 5) is 9.90. The van der Waals surface area contributed by atoms with Gasteiger partial charge in [0.05, 0.1) is 6.61 Å². The molecule has 0 unspecified atom stereocenters. The van der Waals surface area contributed by atoms with E-state index in [0.717, 1.165) is 25.9 Å². The van der Waals surface area contributed by atoms with Gasteiger partial charge < -0.3 is 47.9 Å². The fourth-order valence-corrected chi connectivity index (χ4v) is 1.26. The Bertz CT molecular complexity index is 217. The van der Waals surface area contributed by atoms with Crippen molar-refractivity contribution in [2.45, 2.75) is 50.1 Å². The molecule has 21 heavy (non-hydrogen) atoms. The van der Waals surface area contributed by atoms with E-state index in [9.17, 15) is 4.79 Å². The number of hydrogen-bond donors (Lipinski definition) is 8. The highest BCUT2D eigenvalue weighted by Crippen LogP contribution is 2.02. The van der Waals surface area contributed by atoms with Gasteiger partial charge in [-0.1, -0.05) is 12.8 Å². The Morgan fingerprint density at radius 3 is 1.57 bits per heavy atom. The van der Waals surface area contributed by atoms with E-state index in [-0.39, 0.29) is 12.4 Å². The predicted molar refractivity (Wildman–Crippen MR) is 78.8 cm³/mol. The van der Waals surface area contributed by atoms with E-state index in [2.05, 4.69) is 0 Å². The summed E-state index contributed by atoms with van der Waals surface area (Å²) in [6, 6.07) is 0. The first-order valence-electron chi connectivity index (χ1n) is 6.64. The van der Waals surface area contributed by atoms with Crippen LogP contribution >= 0.6 is 0 Å². The Kier molecular flexibility index (Phi) is 21.0. The predicted octanol–water partition coefficient (Wildman–Crippen LogP) is -2.75. The average Bonchev–Trinajstić information content (AvgIpc) is 2.49. The number of carbonyl (C=O) groups excluding carboxylic acids is 1. The van der Waals surface area contributed by atoms with Crippen molar-refractivity contribution in [3.63, 3.8) is 0 Å². The number of carbonyl (C=O) groups is 1. The molecule has 0 heterocycles. The van der Waals surface area contributed by atoms with Crippen LogP contribution in [0.2, 0.25) is 0 Å². The van der Waals surface area contributed by atoms with E-state index in [4.69, 9.17) is 37.0 Å². The van der Waals surface area contributed by atoms with Gasteiger partial charge in [0.15, 0.2) is 6.29 Å². The molecule has 0 aliphatic heterocycles. The number of aliphatic hydroxyl groups is 5. The van der Waals surface area contributed by atoms with Crippen molar-refractivity contribution in [2.24, 2.45) is 11.5 Å². The maximum absolute atomic E-state index is 9.90. The third-order valence-electron chi connectivity index (χ3n) is 2.58. The normalized spacial score (nSPS) is 15.8. The fourth-order valence-electron chi connectivity index (χ4n) is 1.26. The lowest BCUT2D eigenvalue weighted by molar-refractivity contribution is -0.136. The third kappa shape index (κ3) is 14.1. The molecule has 9 heteroatoms. The number of unbranched alkanes of at least 4 members (excludes halogenated alkanes) is 3. The smallest absolute Gasteiger partial charge is 0.151 e. The molecule has 130 valence electrons. The Morgan fingerprint density at radius 1 is 0.857 bits per heavy atom. The van der Waals surface area contributed by atoms with Crippen molar-refractivity contribution >= 4 is 6.29 Å². The number of hydrogen-bond acceptors (Lipinski definition) is 9. The van der Waals surface area contributed by atoms with E-state index < -0.39 is 31.0 Å². The summed E-state index contributed by atoms with van der Waals surface area (Å²) in [5.41, 5.74) is 10.6. The van der Waals surface area contributed by atoms with Gasteiger partial charge >= 0.3 is 0 Å². The topological polar surface area (TPSA) is 205 Å². The minimum Gasteiger partial charge on any atom is -0.394 e. The van der Waals surface area contributed by atoms with Gasteiger partial charge in [0.25, 0.3) is 0 Å². The zero-order valence-electron chi connectivity index (χ0n) is 12.3. The van der Waals surface area contributed by atoms with Gasteiger partial charge in [0, 0.05) is 0 Å². The molecule has 0 rings (SSSR count). The van der Waals surface area contributed by atoms with Crippen molar-refractivity contribution in [2.75, 3.05) is 19.7 Å². The summed E-state index contributed by atoms with van der Waals surface area (Å²) in [7, 11) is 0. The molecule has 0 bridgehead atoms. The molecule has 0 aliphatic carbocycles. The van der Waals surface area contributed by atoms with Crippen LogP contribution in [0.25, 0.3) is 0 Å². The zero-order valence-corrected chi connectivity index (χ0v) is 12.3. The lowest BCUT2D eigenvalue weighted by Gasteiger charge is -2.22. The Hall–Kier alpha value is -0.650. The highest BCUT2D eigenvalue weighted by molar-refractivity contribution is 5.56. The molecule has 0 radical (unpaired) electrons. The molecule has 12 N–H and O–H groups in total. The summed E-state index contributed by atoms with van der Waals surface area (Å²) in [5.74, 6) is 0. The number of aldehydes is 1. The maximum Gasteiger partial charge on any atom is 0.151 e. The minimum atomic E-state index is -1.79. The van der Waals surface area contributed by atoms with Gasteiger partial charge in [-0.15, -0.1) is 0 Å². The number of nitrogens with two attached hydrogens (primary N) is 2. The largest absolute Gasteiger partial charge is 0.394 e. The summed E-state index contributed by atoms with van der Waals surface area (Å²) in [5, 5.41) is 43.5. The first kappa shape index (κ1) is 25.3. The van der Waals surface area contributed by atoms with Crippen LogP contribution in [0.3, 0.4) is 0 Å². The van der Waals surface area contributed by atoms with Crippen molar-refractivity contribution in [3.05, 3.63) is 0 Å². The summed E-state index contributed by atoms with van der Waals surface area (Å²) < 4.78 is 0. The first-order chi connectivity index (χ1) is 9.45. The van der Waals surface area contributed by atoms with Gasteiger partial charge in [-0.25, -0.2) is 0 Å².